The van der Waals surface area contributed by atoms with Crippen LogP contribution in [0.3, 0.4) is 0 Å². The summed E-state index contributed by atoms with van der Waals surface area (Å²) in [5.41, 5.74) is 0.166. The van der Waals surface area contributed by atoms with Crippen LogP contribution in [0, 0.1) is 0 Å². The highest BCUT2D eigenvalue weighted by Crippen LogP contribution is 2.41. The third kappa shape index (κ3) is 6.88. The average Bonchev–Trinajstić information content (AvgIpc) is 3.48. The quantitative estimate of drug-likeness (QED) is 0.421. The Morgan fingerprint density at radius 1 is 1.10 bits per heavy atom. The number of likely N-dealkylation sites (tertiary alicyclic amines) is 2. The number of hydrogen-bond acceptors (Lipinski definition) is 6. The van der Waals surface area contributed by atoms with E-state index in [-0.39, 0.29) is 30.4 Å². The van der Waals surface area contributed by atoms with Crippen molar-refractivity contribution in [1.82, 2.24) is 19.6 Å². The van der Waals surface area contributed by atoms with Crippen molar-refractivity contribution in [2.75, 3.05) is 36.8 Å². The molecule has 2 aromatic rings. The van der Waals surface area contributed by atoms with E-state index in [1.807, 2.05) is 0 Å². The second kappa shape index (κ2) is 11.6. The molecule has 1 aromatic carbocycles. The number of nitrogens with one attached hydrogen (secondary N) is 2. The number of nitrogens with zero attached hydrogens (tertiary/aromatic N) is 4. The predicted molar refractivity (Wildman–Crippen MR) is 137 cm³/mol. The molecule has 1 spiro atoms. The average molecular weight is 551 g/mol. The fourth-order valence-electron chi connectivity index (χ4n) is 5.47. The molecule has 1 aromatic heterocycles. The zero-order valence-corrected chi connectivity index (χ0v) is 21.8. The van der Waals surface area contributed by atoms with Crippen LogP contribution in [0.5, 0.6) is 0 Å². The fourth-order valence-corrected chi connectivity index (χ4v) is 5.47. The van der Waals surface area contributed by atoms with Crippen LogP contribution in [0.25, 0.3) is 0 Å². The third-order valence-corrected chi connectivity index (χ3v) is 7.48. The van der Waals surface area contributed by atoms with Gasteiger partial charge in [0.25, 0.3) is 0 Å². The number of piperidine rings is 1. The molecule has 2 amide bonds. The highest BCUT2D eigenvalue weighted by atomic mass is 19.4. The molecule has 2 saturated heterocycles. The van der Waals surface area contributed by atoms with Crippen LogP contribution in [-0.4, -0.2) is 74.3 Å². The van der Waals surface area contributed by atoms with Gasteiger partial charge in [0.1, 0.15) is 0 Å². The number of carbonyl (C=O) groups is 3. The summed E-state index contributed by atoms with van der Waals surface area (Å²) < 4.78 is 41.4. The minimum atomic E-state index is -4.48. The number of aromatic nitrogens is 2. The summed E-state index contributed by atoms with van der Waals surface area (Å²) in [5.74, 6) is -0.929. The van der Waals surface area contributed by atoms with Gasteiger partial charge in [0.2, 0.25) is 5.91 Å². The molecule has 3 N–H and O–H groups in total. The van der Waals surface area contributed by atoms with Gasteiger partial charge in [-0.15, -0.1) is 5.10 Å². The first-order valence-corrected chi connectivity index (χ1v) is 13.0. The minimum absolute atomic E-state index is 0.0706. The Balaban J connectivity index is 1.43. The van der Waals surface area contributed by atoms with Crippen molar-refractivity contribution < 1.29 is 32.7 Å². The van der Waals surface area contributed by atoms with Crippen LogP contribution in [0.2, 0.25) is 0 Å². The highest BCUT2D eigenvalue weighted by molar-refractivity contribution is 5.88. The summed E-state index contributed by atoms with van der Waals surface area (Å²) in [6.45, 7) is 3.89. The lowest BCUT2D eigenvalue weighted by Crippen LogP contribution is -2.53. The van der Waals surface area contributed by atoms with Gasteiger partial charge >= 0.3 is 18.2 Å². The van der Waals surface area contributed by atoms with Crippen LogP contribution in [-0.2, 0) is 22.3 Å². The fraction of sp³-hybridized carbons (Fsp3) is 0.538. The van der Waals surface area contributed by atoms with E-state index in [0.717, 1.165) is 49.9 Å². The molecule has 10 nitrogen and oxygen atoms in total. The van der Waals surface area contributed by atoms with Gasteiger partial charge in [-0.05, 0) is 56.3 Å². The number of rotatable bonds is 8. The number of amides is 2. The number of anilines is 2. The smallest absolute Gasteiger partial charge is 0.416 e. The number of alkyl halides is 3. The second-order valence-electron chi connectivity index (χ2n) is 10.1. The van der Waals surface area contributed by atoms with Crippen molar-refractivity contribution in [2.24, 2.45) is 0 Å². The van der Waals surface area contributed by atoms with Crippen molar-refractivity contribution >= 4 is 29.4 Å². The summed E-state index contributed by atoms with van der Waals surface area (Å²) >= 11 is 0. The molecule has 13 heteroatoms. The zero-order valence-electron chi connectivity index (χ0n) is 21.8. The first-order chi connectivity index (χ1) is 18.5. The highest BCUT2D eigenvalue weighted by Gasteiger charge is 2.44. The Hall–Kier alpha value is -3.61. The molecule has 3 heterocycles. The molecule has 0 atom stereocenters. The molecule has 0 bridgehead atoms. The summed E-state index contributed by atoms with van der Waals surface area (Å²) in [6, 6.07) is 4.96. The van der Waals surface area contributed by atoms with E-state index in [9.17, 15) is 27.6 Å². The molecule has 0 saturated carbocycles. The van der Waals surface area contributed by atoms with Gasteiger partial charge in [-0.3, -0.25) is 14.5 Å². The van der Waals surface area contributed by atoms with Crippen LogP contribution in [0.4, 0.5) is 29.5 Å². The summed E-state index contributed by atoms with van der Waals surface area (Å²) in [4.78, 5) is 39.1. The first-order valence-electron chi connectivity index (χ1n) is 13.0. The number of carbonyl (C=O) groups excluding carboxylic acids is 2. The maximum absolute atomic E-state index is 13.4. The number of carboxylic acid groups (broad SMARTS) is 1. The molecule has 0 radical (unpaired) electrons. The molecular weight excluding hydrogens is 517 g/mol. The van der Waals surface area contributed by atoms with Crippen LogP contribution in [0.1, 0.15) is 56.6 Å². The maximum Gasteiger partial charge on any atom is 0.416 e. The van der Waals surface area contributed by atoms with Crippen molar-refractivity contribution in [3.05, 3.63) is 41.6 Å². The van der Waals surface area contributed by atoms with Crippen molar-refractivity contribution in [3.63, 3.8) is 0 Å². The summed E-state index contributed by atoms with van der Waals surface area (Å²) in [5, 5.41) is 18.6. The van der Waals surface area contributed by atoms with Gasteiger partial charge in [-0.25, -0.2) is 4.79 Å². The second-order valence-corrected chi connectivity index (χ2v) is 10.1. The summed E-state index contributed by atoms with van der Waals surface area (Å²) in [6.07, 6.45) is 0.586. The largest absolute Gasteiger partial charge is 0.481 e. The lowest BCUT2D eigenvalue weighted by atomic mass is 9.84. The van der Waals surface area contributed by atoms with E-state index >= 15 is 0 Å². The van der Waals surface area contributed by atoms with Crippen LogP contribution in [0.15, 0.2) is 30.5 Å². The SMILES string of the molecule is CC(=O)Nc1ccn(C(=O)N2CCC3(CCCN3Cc3ccc(C(F)(F)F)cc3NCCCC(=O)O)CC2)n1. The lowest BCUT2D eigenvalue weighted by molar-refractivity contribution is -0.138. The van der Waals surface area contributed by atoms with Crippen molar-refractivity contribution in [3.8, 4) is 0 Å². The van der Waals surface area contributed by atoms with Gasteiger partial charge in [0.05, 0.1) is 5.56 Å². The number of hydrogen-bond donors (Lipinski definition) is 3. The standard InChI is InChI=1S/C26H33F3N6O4/c1-18(36)31-22-7-13-35(32-22)24(39)33-14-9-25(10-15-33)8-3-12-34(25)17-19-5-6-20(26(27,28)29)16-21(19)30-11-2-4-23(37)38/h5-7,13,16,30H,2-4,8-12,14-15,17H2,1H3,(H,37,38)(H,31,32,36). The minimum Gasteiger partial charge on any atom is -0.481 e. The van der Waals surface area contributed by atoms with Gasteiger partial charge in [-0.2, -0.15) is 17.9 Å². The number of carboxylic acids is 1. The maximum atomic E-state index is 13.4. The van der Waals surface area contributed by atoms with Gasteiger partial charge in [0, 0.05) is 63.0 Å². The molecular formula is C26H33F3N6O4. The Morgan fingerprint density at radius 2 is 1.85 bits per heavy atom. The van der Waals surface area contributed by atoms with Crippen molar-refractivity contribution in [1.29, 1.82) is 0 Å². The normalized spacial score (nSPS) is 17.4. The number of benzene rings is 1. The Morgan fingerprint density at radius 3 is 2.51 bits per heavy atom. The molecule has 39 heavy (non-hydrogen) atoms. The van der Waals surface area contributed by atoms with E-state index < -0.39 is 17.7 Å². The molecule has 0 unspecified atom stereocenters. The van der Waals surface area contributed by atoms with E-state index in [0.29, 0.717) is 37.6 Å². The molecule has 2 aliphatic rings. The Labute approximate surface area is 224 Å². The van der Waals surface area contributed by atoms with E-state index in [1.165, 1.54) is 23.9 Å². The first kappa shape index (κ1) is 28.4. The lowest BCUT2D eigenvalue weighted by Gasteiger charge is -2.45. The van der Waals surface area contributed by atoms with Crippen molar-refractivity contribution in [2.45, 2.75) is 63.7 Å². The topological polar surface area (TPSA) is 120 Å². The zero-order chi connectivity index (χ0) is 28.2. The third-order valence-electron chi connectivity index (χ3n) is 7.48. The van der Waals surface area contributed by atoms with E-state index in [4.69, 9.17) is 5.11 Å². The summed E-state index contributed by atoms with van der Waals surface area (Å²) in [7, 11) is 0. The molecule has 2 fully saturated rings. The van der Waals surface area contributed by atoms with Crippen LogP contribution < -0.4 is 10.6 Å². The predicted octanol–water partition coefficient (Wildman–Crippen LogP) is 4.24. The number of aliphatic carboxylic acids is 1. The molecule has 2 aliphatic heterocycles. The van der Waals surface area contributed by atoms with Gasteiger partial charge in [-0.1, -0.05) is 6.07 Å². The molecule has 4 rings (SSSR count). The van der Waals surface area contributed by atoms with Gasteiger partial charge in [0.15, 0.2) is 5.82 Å². The monoisotopic (exact) mass is 550 g/mol. The van der Waals surface area contributed by atoms with E-state index in [2.05, 4.69) is 20.6 Å². The van der Waals surface area contributed by atoms with E-state index in [1.54, 1.807) is 11.0 Å². The Kier molecular flexibility index (Phi) is 8.48. The van der Waals surface area contributed by atoms with Gasteiger partial charge < -0.3 is 20.6 Å². The number of halogens is 3. The Bertz CT molecular complexity index is 1210. The molecule has 212 valence electrons. The van der Waals surface area contributed by atoms with Crippen LogP contribution >= 0.6 is 0 Å². The molecule has 0 aliphatic carbocycles.